The summed E-state index contributed by atoms with van der Waals surface area (Å²) >= 11 is 0. The molecule has 2 aliphatic rings. The van der Waals surface area contributed by atoms with Crippen molar-refractivity contribution < 1.29 is 14.3 Å². The highest BCUT2D eigenvalue weighted by Crippen LogP contribution is 2.37. The number of hydrogen-bond acceptors (Lipinski definition) is 4. The third-order valence-corrected chi connectivity index (χ3v) is 3.07. The van der Waals surface area contributed by atoms with E-state index in [1.54, 1.807) is 0 Å². The molecule has 15 heavy (non-hydrogen) atoms. The Labute approximate surface area is 89.3 Å². The monoisotopic (exact) mass is 214 g/mol. The highest BCUT2D eigenvalue weighted by molar-refractivity contribution is 5.68. The Morgan fingerprint density at radius 1 is 1.60 bits per heavy atom. The second-order valence-electron chi connectivity index (χ2n) is 4.49. The Hall–Kier alpha value is -0.810. The number of hydrogen-bond donors (Lipinski definition) is 2. The number of ether oxygens (including phenoxy) is 2. The summed E-state index contributed by atoms with van der Waals surface area (Å²) in [6, 6.07) is -0.0686. The summed E-state index contributed by atoms with van der Waals surface area (Å²) in [5, 5.41) is 2.76. The first-order valence-electron chi connectivity index (χ1n) is 5.44. The largest absolute Gasteiger partial charge is 0.447 e. The molecule has 2 fully saturated rings. The Morgan fingerprint density at radius 2 is 2.33 bits per heavy atom. The maximum atomic E-state index is 11.3. The summed E-state index contributed by atoms with van der Waals surface area (Å²) < 4.78 is 10.5. The number of fused-ring (bicyclic) bond motifs is 1. The summed E-state index contributed by atoms with van der Waals surface area (Å²) in [6.07, 6.45) is 0.587. The van der Waals surface area contributed by atoms with Gasteiger partial charge in [0.15, 0.2) is 0 Å². The van der Waals surface area contributed by atoms with Gasteiger partial charge >= 0.3 is 6.09 Å². The molecule has 86 valence electrons. The van der Waals surface area contributed by atoms with Gasteiger partial charge in [-0.3, -0.25) is 0 Å². The molecule has 0 aromatic heterocycles. The van der Waals surface area contributed by atoms with E-state index in [4.69, 9.17) is 15.2 Å². The number of alkyl carbamates (subject to hydrolysis) is 1. The minimum Gasteiger partial charge on any atom is -0.447 e. The van der Waals surface area contributed by atoms with E-state index in [1.165, 1.54) is 0 Å². The summed E-state index contributed by atoms with van der Waals surface area (Å²) in [7, 11) is 0. The van der Waals surface area contributed by atoms with Gasteiger partial charge in [0.25, 0.3) is 0 Å². The van der Waals surface area contributed by atoms with Gasteiger partial charge in [-0.1, -0.05) is 0 Å². The van der Waals surface area contributed by atoms with E-state index in [9.17, 15) is 4.79 Å². The molecule has 0 spiro atoms. The van der Waals surface area contributed by atoms with Crippen LogP contribution in [0.4, 0.5) is 4.79 Å². The summed E-state index contributed by atoms with van der Waals surface area (Å²) in [5.74, 6) is 0.411. The van der Waals surface area contributed by atoms with Crippen molar-refractivity contribution in [1.29, 1.82) is 0 Å². The third-order valence-electron chi connectivity index (χ3n) is 3.07. The fourth-order valence-electron chi connectivity index (χ4n) is 2.31. The van der Waals surface area contributed by atoms with E-state index in [1.807, 2.05) is 13.8 Å². The fraction of sp³-hybridized carbons (Fsp3) is 0.900. The van der Waals surface area contributed by atoms with E-state index < -0.39 is 6.09 Å². The zero-order chi connectivity index (χ0) is 11.0. The fourth-order valence-corrected chi connectivity index (χ4v) is 2.31. The van der Waals surface area contributed by atoms with Crippen molar-refractivity contribution in [3.05, 3.63) is 0 Å². The van der Waals surface area contributed by atoms with E-state index in [2.05, 4.69) is 5.32 Å². The van der Waals surface area contributed by atoms with Gasteiger partial charge in [0.1, 0.15) is 0 Å². The molecule has 3 N–H and O–H groups in total. The number of carbonyl (C=O) groups excluding carboxylic acids is 1. The van der Waals surface area contributed by atoms with Crippen LogP contribution in [0.3, 0.4) is 0 Å². The first-order valence-corrected chi connectivity index (χ1v) is 5.44. The zero-order valence-corrected chi connectivity index (χ0v) is 9.10. The van der Waals surface area contributed by atoms with Gasteiger partial charge < -0.3 is 20.5 Å². The molecule has 1 heterocycles. The molecular weight excluding hydrogens is 196 g/mol. The quantitative estimate of drug-likeness (QED) is 0.690. The Kier molecular flexibility index (Phi) is 2.84. The van der Waals surface area contributed by atoms with Gasteiger partial charge in [0.2, 0.25) is 0 Å². The van der Waals surface area contributed by atoms with Crippen LogP contribution >= 0.6 is 0 Å². The van der Waals surface area contributed by atoms with Crippen molar-refractivity contribution in [2.75, 3.05) is 6.61 Å². The van der Waals surface area contributed by atoms with Crippen LogP contribution in [-0.2, 0) is 9.47 Å². The predicted molar refractivity (Wildman–Crippen MR) is 54.4 cm³/mol. The molecule has 1 saturated carbocycles. The second-order valence-corrected chi connectivity index (χ2v) is 4.49. The lowest BCUT2D eigenvalue weighted by Crippen LogP contribution is -2.69. The van der Waals surface area contributed by atoms with Crippen molar-refractivity contribution in [1.82, 2.24) is 5.32 Å². The van der Waals surface area contributed by atoms with E-state index >= 15 is 0 Å². The van der Waals surface area contributed by atoms with E-state index in [0.717, 1.165) is 13.0 Å². The lowest BCUT2D eigenvalue weighted by molar-refractivity contribution is -0.0194. The van der Waals surface area contributed by atoms with Crippen molar-refractivity contribution in [2.24, 2.45) is 11.7 Å². The summed E-state index contributed by atoms with van der Waals surface area (Å²) in [6.45, 7) is 4.38. The first-order chi connectivity index (χ1) is 7.09. The first kappa shape index (κ1) is 10.7. The van der Waals surface area contributed by atoms with Gasteiger partial charge in [-0.15, -0.1) is 0 Å². The number of nitrogens with two attached hydrogens (primary N) is 1. The van der Waals surface area contributed by atoms with Crippen molar-refractivity contribution >= 4 is 6.09 Å². The molecule has 1 aliphatic heterocycles. The SMILES string of the molecule is CC(C)OC(=O)NC1C(N)C2CCOC21. The van der Waals surface area contributed by atoms with Gasteiger partial charge in [-0.25, -0.2) is 4.79 Å². The van der Waals surface area contributed by atoms with Crippen molar-refractivity contribution in [3.8, 4) is 0 Å². The molecule has 0 aromatic rings. The lowest BCUT2D eigenvalue weighted by Gasteiger charge is -2.45. The molecule has 2 rings (SSSR count). The van der Waals surface area contributed by atoms with Crippen LogP contribution in [0.5, 0.6) is 0 Å². The topological polar surface area (TPSA) is 73.6 Å². The van der Waals surface area contributed by atoms with E-state index in [-0.39, 0.29) is 24.3 Å². The van der Waals surface area contributed by atoms with Crippen LogP contribution in [0.25, 0.3) is 0 Å². The van der Waals surface area contributed by atoms with Crippen molar-refractivity contribution in [2.45, 2.75) is 44.6 Å². The van der Waals surface area contributed by atoms with Crippen molar-refractivity contribution in [3.63, 3.8) is 0 Å². The average molecular weight is 214 g/mol. The highest BCUT2D eigenvalue weighted by Gasteiger charge is 2.52. The Bertz CT molecular complexity index is 257. The average Bonchev–Trinajstić information content (AvgIpc) is 2.57. The molecule has 5 nitrogen and oxygen atoms in total. The van der Waals surface area contributed by atoms with Gasteiger partial charge in [-0.2, -0.15) is 0 Å². The van der Waals surface area contributed by atoms with Crippen LogP contribution in [0.15, 0.2) is 0 Å². The molecule has 1 saturated heterocycles. The van der Waals surface area contributed by atoms with Crippen LogP contribution < -0.4 is 11.1 Å². The predicted octanol–water partition coefficient (Wildman–Crippen LogP) is 0.236. The molecule has 1 amide bonds. The number of rotatable bonds is 2. The van der Waals surface area contributed by atoms with Crippen LogP contribution in [0.2, 0.25) is 0 Å². The Morgan fingerprint density at radius 3 is 3.00 bits per heavy atom. The number of carbonyl (C=O) groups is 1. The van der Waals surface area contributed by atoms with Crippen LogP contribution in [-0.4, -0.2) is 37.0 Å². The number of nitrogens with one attached hydrogen (secondary N) is 1. The minimum atomic E-state index is -0.403. The normalized spacial score (nSPS) is 38.4. The Balaban J connectivity index is 1.82. The highest BCUT2D eigenvalue weighted by atomic mass is 16.6. The van der Waals surface area contributed by atoms with Gasteiger partial charge in [0, 0.05) is 18.6 Å². The summed E-state index contributed by atoms with van der Waals surface area (Å²) in [5.41, 5.74) is 5.94. The van der Waals surface area contributed by atoms with E-state index in [0.29, 0.717) is 5.92 Å². The second kappa shape index (κ2) is 3.98. The molecule has 4 atom stereocenters. The molecule has 5 heteroatoms. The van der Waals surface area contributed by atoms with Gasteiger partial charge in [-0.05, 0) is 20.3 Å². The third kappa shape index (κ3) is 1.94. The molecule has 0 radical (unpaired) electrons. The molecule has 0 aromatic carbocycles. The van der Waals surface area contributed by atoms with Crippen LogP contribution in [0.1, 0.15) is 20.3 Å². The lowest BCUT2D eigenvalue weighted by atomic mass is 9.72. The number of amides is 1. The zero-order valence-electron chi connectivity index (χ0n) is 9.10. The summed E-state index contributed by atoms with van der Waals surface area (Å²) in [4.78, 5) is 11.3. The molecule has 0 bridgehead atoms. The standard InChI is InChI=1S/C10H18N2O3/c1-5(2)15-10(13)12-8-7(11)6-3-4-14-9(6)8/h5-9H,3-4,11H2,1-2H3,(H,12,13). The van der Waals surface area contributed by atoms with Gasteiger partial charge in [0.05, 0.1) is 18.2 Å². The molecule has 4 unspecified atom stereocenters. The maximum absolute atomic E-state index is 11.3. The molecular formula is C10H18N2O3. The minimum absolute atomic E-state index is 0.0113. The van der Waals surface area contributed by atoms with Crippen LogP contribution in [0, 0.1) is 5.92 Å². The smallest absolute Gasteiger partial charge is 0.407 e. The molecule has 1 aliphatic carbocycles. The maximum Gasteiger partial charge on any atom is 0.407 e.